The number of benzene rings is 5. The molecular formula is C35H22N2O. The Kier molecular flexibility index (Phi) is 4.52. The minimum Gasteiger partial charge on any atom is -0.456 e. The van der Waals surface area contributed by atoms with Crippen molar-refractivity contribution in [3.05, 3.63) is 133 Å². The van der Waals surface area contributed by atoms with Crippen molar-refractivity contribution in [2.45, 2.75) is 0 Å². The Hall–Kier alpha value is -5.15. The van der Waals surface area contributed by atoms with Crippen molar-refractivity contribution >= 4 is 38.2 Å². The molecule has 0 spiro atoms. The summed E-state index contributed by atoms with van der Waals surface area (Å²) < 4.78 is 8.39. The van der Waals surface area contributed by atoms with Crippen molar-refractivity contribution in [2.75, 3.05) is 0 Å². The Morgan fingerprint density at radius 1 is 0.500 bits per heavy atom. The summed E-state index contributed by atoms with van der Waals surface area (Å²) in [5.74, 6) is 0. The Labute approximate surface area is 219 Å². The highest BCUT2D eigenvalue weighted by molar-refractivity contribution is 6.10. The van der Waals surface area contributed by atoms with Crippen LogP contribution in [0.2, 0.25) is 0 Å². The van der Waals surface area contributed by atoms with Crippen molar-refractivity contribution in [1.82, 2.24) is 9.61 Å². The molecule has 8 aromatic rings. The second-order valence-corrected chi connectivity index (χ2v) is 9.64. The maximum absolute atomic E-state index is 6.26. The number of hydrogen-bond donors (Lipinski definition) is 0. The van der Waals surface area contributed by atoms with Gasteiger partial charge in [-0.2, -0.15) is 5.10 Å². The molecule has 0 saturated carbocycles. The van der Waals surface area contributed by atoms with Gasteiger partial charge in [-0.25, -0.2) is 4.52 Å². The molecule has 0 N–H and O–H groups in total. The first kappa shape index (κ1) is 21.0. The molecule has 0 fully saturated rings. The molecule has 3 nitrogen and oxygen atoms in total. The van der Waals surface area contributed by atoms with E-state index in [2.05, 4.69) is 120 Å². The molecule has 0 bridgehead atoms. The van der Waals surface area contributed by atoms with Gasteiger partial charge in [0.1, 0.15) is 16.9 Å². The van der Waals surface area contributed by atoms with Crippen LogP contribution in [0.5, 0.6) is 0 Å². The van der Waals surface area contributed by atoms with Crippen LogP contribution in [-0.4, -0.2) is 9.61 Å². The predicted molar refractivity (Wildman–Crippen MR) is 156 cm³/mol. The molecule has 38 heavy (non-hydrogen) atoms. The molecule has 5 aromatic carbocycles. The van der Waals surface area contributed by atoms with Gasteiger partial charge >= 0.3 is 0 Å². The van der Waals surface area contributed by atoms with Gasteiger partial charge in [-0.15, -0.1) is 0 Å². The molecular weight excluding hydrogens is 464 g/mol. The summed E-state index contributed by atoms with van der Waals surface area (Å²) in [5.41, 5.74) is 9.29. The molecule has 3 aromatic heterocycles. The smallest absolute Gasteiger partial charge is 0.136 e. The van der Waals surface area contributed by atoms with Crippen LogP contribution in [-0.2, 0) is 0 Å². The minimum absolute atomic E-state index is 0.868. The Balaban J connectivity index is 1.51. The quantitative estimate of drug-likeness (QED) is 0.249. The van der Waals surface area contributed by atoms with Crippen molar-refractivity contribution in [2.24, 2.45) is 0 Å². The van der Waals surface area contributed by atoms with Crippen molar-refractivity contribution in [1.29, 1.82) is 0 Å². The Bertz CT molecular complexity index is 2120. The van der Waals surface area contributed by atoms with Crippen LogP contribution in [0.3, 0.4) is 0 Å². The Morgan fingerprint density at radius 3 is 1.97 bits per heavy atom. The normalized spacial score (nSPS) is 11.7. The number of fused-ring (bicyclic) bond motifs is 6. The van der Waals surface area contributed by atoms with Crippen LogP contribution in [0.1, 0.15) is 0 Å². The molecule has 0 aliphatic heterocycles. The highest BCUT2D eigenvalue weighted by Crippen LogP contribution is 2.42. The van der Waals surface area contributed by atoms with Gasteiger partial charge in [-0.1, -0.05) is 109 Å². The van der Waals surface area contributed by atoms with Crippen LogP contribution in [0.4, 0.5) is 0 Å². The second-order valence-electron chi connectivity index (χ2n) is 9.64. The average Bonchev–Trinajstić information content (AvgIpc) is 3.57. The number of nitrogens with zero attached hydrogens (tertiary/aromatic N) is 2. The van der Waals surface area contributed by atoms with E-state index in [1.54, 1.807) is 0 Å². The van der Waals surface area contributed by atoms with Gasteiger partial charge in [0.15, 0.2) is 0 Å². The van der Waals surface area contributed by atoms with Crippen LogP contribution >= 0.6 is 0 Å². The fourth-order valence-electron chi connectivity index (χ4n) is 5.66. The van der Waals surface area contributed by atoms with Gasteiger partial charge in [0.2, 0.25) is 0 Å². The molecule has 0 radical (unpaired) electrons. The monoisotopic (exact) mass is 486 g/mol. The van der Waals surface area contributed by atoms with Crippen LogP contribution in [0.25, 0.3) is 71.9 Å². The first-order valence-electron chi connectivity index (χ1n) is 12.8. The number of rotatable bonds is 3. The molecule has 8 rings (SSSR count). The Morgan fingerprint density at radius 2 is 1.16 bits per heavy atom. The van der Waals surface area contributed by atoms with Gasteiger partial charge < -0.3 is 4.42 Å². The number of furan rings is 1. The second kappa shape index (κ2) is 8.19. The summed E-state index contributed by atoms with van der Waals surface area (Å²) >= 11 is 0. The van der Waals surface area contributed by atoms with E-state index >= 15 is 0 Å². The number of para-hydroxylation sites is 1. The van der Waals surface area contributed by atoms with E-state index in [-0.39, 0.29) is 0 Å². The fraction of sp³-hybridized carbons (Fsp3) is 0. The lowest BCUT2D eigenvalue weighted by Crippen LogP contribution is -1.95. The maximum Gasteiger partial charge on any atom is 0.136 e. The molecule has 0 aliphatic rings. The van der Waals surface area contributed by atoms with Gasteiger partial charge in [-0.3, -0.25) is 0 Å². The highest BCUT2D eigenvalue weighted by atomic mass is 16.3. The topological polar surface area (TPSA) is 30.4 Å². The van der Waals surface area contributed by atoms with Crippen LogP contribution in [0.15, 0.2) is 138 Å². The van der Waals surface area contributed by atoms with E-state index < -0.39 is 0 Å². The fourth-order valence-corrected chi connectivity index (χ4v) is 5.66. The summed E-state index contributed by atoms with van der Waals surface area (Å²) in [6.45, 7) is 0. The summed E-state index contributed by atoms with van der Waals surface area (Å²) in [7, 11) is 0. The number of aromatic nitrogens is 2. The summed E-state index contributed by atoms with van der Waals surface area (Å²) in [4.78, 5) is 0. The van der Waals surface area contributed by atoms with Gasteiger partial charge in [0.05, 0.1) is 11.2 Å². The lowest BCUT2D eigenvalue weighted by Gasteiger charge is -2.10. The predicted octanol–water partition coefficient (Wildman–Crippen LogP) is 9.39. The SMILES string of the molecule is c1ccc(-c2c(-c3ccc4c(c3)oc3ccccc34)nn3c(-c4ccccc4)cc4ccccc4c23)cc1. The van der Waals surface area contributed by atoms with Crippen LogP contribution in [0, 0.1) is 0 Å². The van der Waals surface area contributed by atoms with E-state index in [4.69, 9.17) is 9.52 Å². The van der Waals surface area contributed by atoms with E-state index in [1.165, 1.54) is 10.8 Å². The van der Waals surface area contributed by atoms with Gasteiger partial charge in [-0.05, 0) is 35.2 Å². The molecule has 0 unspecified atom stereocenters. The highest BCUT2D eigenvalue weighted by Gasteiger charge is 2.22. The molecule has 0 aliphatic carbocycles. The standard InChI is InChI=1S/C35H22N2O/c1-3-11-23(12-4-1)30-21-25-15-7-8-16-27(25)35-33(24-13-5-2-6-14-24)34(36-37(30)35)26-19-20-29-28-17-9-10-18-31(28)38-32(29)22-26/h1-22H. The van der Waals surface area contributed by atoms with E-state index in [0.29, 0.717) is 0 Å². The first-order chi connectivity index (χ1) is 18.8. The minimum atomic E-state index is 0.868. The molecule has 3 heterocycles. The number of pyridine rings is 1. The average molecular weight is 487 g/mol. The third-order valence-corrected chi connectivity index (χ3v) is 7.41. The van der Waals surface area contributed by atoms with E-state index in [0.717, 1.165) is 61.1 Å². The third kappa shape index (κ3) is 3.12. The lowest BCUT2D eigenvalue weighted by molar-refractivity contribution is 0.669. The zero-order valence-electron chi connectivity index (χ0n) is 20.5. The summed E-state index contributed by atoms with van der Waals surface area (Å²) in [6, 6.07) is 46.6. The molecule has 0 atom stereocenters. The number of hydrogen-bond acceptors (Lipinski definition) is 2. The van der Waals surface area contributed by atoms with Crippen molar-refractivity contribution < 1.29 is 4.42 Å². The van der Waals surface area contributed by atoms with E-state index in [9.17, 15) is 0 Å². The molecule has 0 saturated heterocycles. The third-order valence-electron chi connectivity index (χ3n) is 7.41. The molecule has 178 valence electrons. The van der Waals surface area contributed by atoms with Crippen molar-refractivity contribution in [3.8, 4) is 33.6 Å². The van der Waals surface area contributed by atoms with Crippen LogP contribution < -0.4 is 0 Å². The van der Waals surface area contributed by atoms with Gasteiger partial charge in [0, 0.05) is 32.8 Å². The largest absolute Gasteiger partial charge is 0.456 e. The maximum atomic E-state index is 6.26. The lowest BCUT2D eigenvalue weighted by atomic mass is 9.96. The molecule has 3 heteroatoms. The van der Waals surface area contributed by atoms with Gasteiger partial charge in [0.25, 0.3) is 0 Å². The first-order valence-corrected chi connectivity index (χ1v) is 12.8. The zero-order valence-corrected chi connectivity index (χ0v) is 20.5. The molecule has 0 amide bonds. The van der Waals surface area contributed by atoms with Crippen molar-refractivity contribution in [3.63, 3.8) is 0 Å². The summed E-state index contributed by atoms with van der Waals surface area (Å²) in [6.07, 6.45) is 0. The van der Waals surface area contributed by atoms with E-state index in [1.807, 2.05) is 18.2 Å². The zero-order chi connectivity index (χ0) is 25.1. The summed E-state index contributed by atoms with van der Waals surface area (Å²) in [5, 5.41) is 9.93.